The summed E-state index contributed by atoms with van der Waals surface area (Å²) in [7, 11) is 1.26. The zero-order valence-corrected chi connectivity index (χ0v) is 18.8. The van der Waals surface area contributed by atoms with E-state index in [0.717, 1.165) is 0 Å². The van der Waals surface area contributed by atoms with Crippen LogP contribution in [0.15, 0.2) is 59.1 Å². The number of nitrogens with one attached hydrogen (secondary N) is 3. The maximum absolute atomic E-state index is 12.5. The molecule has 0 saturated carbocycles. The van der Waals surface area contributed by atoms with Gasteiger partial charge in [0.25, 0.3) is 5.91 Å². The smallest absolute Gasteiger partial charge is 0.328 e. The summed E-state index contributed by atoms with van der Waals surface area (Å²) in [5, 5.41) is 20.7. The van der Waals surface area contributed by atoms with Crippen LogP contribution in [0.3, 0.4) is 0 Å². The van der Waals surface area contributed by atoms with Gasteiger partial charge in [0.15, 0.2) is 0 Å². The highest BCUT2D eigenvalue weighted by Crippen LogP contribution is 2.22. The van der Waals surface area contributed by atoms with Gasteiger partial charge in [-0.3, -0.25) is 4.79 Å². The number of hydrogen-bond donors (Lipinski definition) is 3. The molecule has 0 aliphatic heterocycles. The van der Waals surface area contributed by atoms with Crippen molar-refractivity contribution in [3.8, 4) is 17.3 Å². The van der Waals surface area contributed by atoms with Crippen molar-refractivity contribution in [1.29, 1.82) is 5.26 Å². The summed E-state index contributed by atoms with van der Waals surface area (Å²) in [4.78, 5) is 36.5. The number of aromatic nitrogens is 1. The van der Waals surface area contributed by atoms with Crippen LogP contribution in [-0.2, 0) is 9.53 Å². The molecule has 0 saturated heterocycles. The minimum atomic E-state index is -0.813. The number of nitrogens with zero attached hydrogens (tertiary/aromatic N) is 2. The van der Waals surface area contributed by atoms with Gasteiger partial charge >= 0.3 is 12.0 Å². The van der Waals surface area contributed by atoms with Gasteiger partial charge in [-0.05, 0) is 42.3 Å². The Balaban J connectivity index is 1.61. The van der Waals surface area contributed by atoms with E-state index < -0.39 is 23.9 Å². The number of hydrogen-bond acceptors (Lipinski definition) is 7. The lowest BCUT2D eigenvalue weighted by Gasteiger charge is -2.18. The van der Waals surface area contributed by atoms with Crippen molar-refractivity contribution in [1.82, 2.24) is 10.5 Å². The molecule has 0 fully saturated rings. The second-order valence-corrected chi connectivity index (χ2v) is 7.64. The van der Waals surface area contributed by atoms with Gasteiger partial charge in [0, 0.05) is 23.0 Å². The molecule has 3 amide bonds. The van der Waals surface area contributed by atoms with Gasteiger partial charge in [-0.2, -0.15) is 5.26 Å². The zero-order chi connectivity index (χ0) is 24.7. The van der Waals surface area contributed by atoms with Gasteiger partial charge < -0.3 is 25.2 Å². The number of methoxy groups -OCH3 is 1. The molecule has 0 aliphatic carbocycles. The lowest BCUT2D eigenvalue weighted by atomic mass is 10.0. The Morgan fingerprint density at radius 2 is 1.59 bits per heavy atom. The normalized spacial score (nSPS) is 11.3. The van der Waals surface area contributed by atoms with Crippen LogP contribution in [0.1, 0.15) is 30.0 Å². The fraction of sp³-hybridized carbons (Fsp3) is 0.208. The number of anilines is 2. The molecule has 0 unspecified atom stereocenters. The van der Waals surface area contributed by atoms with Crippen LogP contribution >= 0.6 is 0 Å². The summed E-state index contributed by atoms with van der Waals surface area (Å²) in [6, 6.07) is 15.5. The van der Waals surface area contributed by atoms with E-state index in [0.29, 0.717) is 28.2 Å². The third kappa shape index (κ3) is 5.98. The first-order valence-electron chi connectivity index (χ1n) is 10.3. The highest BCUT2D eigenvalue weighted by molar-refractivity contribution is 6.00. The molecule has 1 aromatic heterocycles. The molecule has 0 radical (unpaired) electrons. The Morgan fingerprint density at radius 3 is 2.12 bits per heavy atom. The number of benzene rings is 2. The first kappa shape index (κ1) is 24.0. The van der Waals surface area contributed by atoms with Gasteiger partial charge in [0.1, 0.15) is 11.7 Å². The Hall–Kier alpha value is -4.65. The quantitative estimate of drug-likeness (QED) is 0.454. The number of nitriles is 1. The predicted molar refractivity (Wildman–Crippen MR) is 124 cm³/mol. The second-order valence-electron chi connectivity index (χ2n) is 7.64. The highest BCUT2D eigenvalue weighted by atomic mass is 16.5. The Labute approximate surface area is 195 Å². The van der Waals surface area contributed by atoms with Crippen LogP contribution < -0.4 is 16.0 Å². The summed E-state index contributed by atoms with van der Waals surface area (Å²) in [5.74, 6) is -1.35. The molecule has 0 bridgehead atoms. The minimum Gasteiger partial charge on any atom is -0.467 e. The summed E-state index contributed by atoms with van der Waals surface area (Å²) < 4.78 is 9.86. The second kappa shape index (κ2) is 10.8. The molecule has 0 aliphatic rings. The van der Waals surface area contributed by atoms with E-state index in [1.54, 1.807) is 62.4 Å². The molecule has 34 heavy (non-hydrogen) atoms. The van der Waals surface area contributed by atoms with Crippen molar-refractivity contribution >= 4 is 29.3 Å². The van der Waals surface area contributed by atoms with Crippen molar-refractivity contribution in [3.63, 3.8) is 0 Å². The standard InChI is InChI=1S/C24H23N5O5/c1-14(2)21(23(31)33-3)28-22(30)20-12-19(29-34-20)16-6-10-18(11-7-16)27-24(32)26-17-8-4-15(13-25)5-9-17/h4-12,14,21H,1-3H3,(H,28,30)(H2,26,27,32)/t21-/m1/s1. The number of amides is 3. The lowest BCUT2D eigenvalue weighted by Crippen LogP contribution is -2.44. The van der Waals surface area contributed by atoms with E-state index in [2.05, 4.69) is 21.1 Å². The summed E-state index contributed by atoms with van der Waals surface area (Å²) in [6.07, 6.45) is 0. The van der Waals surface area contributed by atoms with E-state index in [9.17, 15) is 14.4 Å². The number of carbonyl (C=O) groups excluding carboxylic acids is 3. The van der Waals surface area contributed by atoms with E-state index in [1.165, 1.54) is 13.2 Å². The average Bonchev–Trinajstić information content (AvgIpc) is 3.33. The SMILES string of the molecule is COC(=O)[C@H](NC(=O)c1cc(-c2ccc(NC(=O)Nc3ccc(C#N)cc3)cc2)no1)C(C)C. The van der Waals surface area contributed by atoms with Crippen LogP contribution in [-0.4, -0.2) is 36.2 Å². The highest BCUT2D eigenvalue weighted by Gasteiger charge is 2.27. The van der Waals surface area contributed by atoms with Gasteiger partial charge in [0.05, 0.1) is 18.7 Å². The van der Waals surface area contributed by atoms with Crippen LogP contribution in [0, 0.1) is 17.2 Å². The van der Waals surface area contributed by atoms with Crippen molar-refractivity contribution in [3.05, 3.63) is 65.9 Å². The molecule has 2 aromatic carbocycles. The van der Waals surface area contributed by atoms with Crippen molar-refractivity contribution < 1.29 is 23.6 Å². The molecule has 1 heterocycles. The third-order valence-corrected chi connectivity index (χ3v) is 4.85. The van der Waals surface area contributed by atoms with Gasteiger partial charge in [0.2, 0.25) is 5.76 Å². The molecular weight excluding hydrogens is 438 g/mol. The van der Waals surface area contributed by atoms with Gasteiger partial charge in [-0.1, -0.05) is 31.1 Å². The van der Waals surface area contributed by atoms with Gasteiger partial charge in [-0.15, -0.1) is 0 Å². The maximum atomic E-state index is 12.5. The molecule has 3 N–H and O–H groups in total. The average molecular weight is 461 g/mol. The summed E-state index contributed by atoms with van der Waals surface area (Å²) in [5.41, 5.74) is 2.66. The third-order valence-electron chi connectivity index (χ3n) is 4.85. The van der Waals surface area contributed by atoms with E-state index in [-0.39, 0.29) is 11.7 Å². The molecule has 3 rings (SSSR count). The molecular formula is C24H23N5O5. The van der Waals surface area contributed by atoms with Crippen molar-refractivity contribution in [2.45, 2.75) is 19.9 Å². The Bertz CT molecular complexity index is 1210. The number of carbonyl (C=O) groups is 3. The predicted octanol–water partition coefficient (Wildman–Crippen LogP) is 3.78. The lowest BCUT2D eigenvalue weighted by molar-refractivity contribution is -0.144. The number of ether oxygens (including phenoxy) is 1. The fourth-order valence-electron chi connectivity index (χ4n) is 3.00. The molecule has 10 heteroatoms. The number of esters is 1. The van der Waals surface area contributed by atoms with E-state index in [4.69, 9.17) is 14.5 Å². The van der Waals surface area contributed by atoms with Crippen LogP contribution in [0.25, 0.3) is 11.3 Å². The largest absolute Gasteiger partial charge is 0.467 e. The molecule has 174 valence electrons. The molecule has 0 spiro atoms. The first-order valence-corrected chi connectivity index (χ1v) is 10.3. The van der Waals surface area contributed by atoms with E-state index in [1.807, 2.05) is 6.07 Å². The molecule has 1 atom stereocenters. The van der Waals surface area contributed by atoms with Crippen molar-refractivity contribution in [2.75, 3.05) is 17.7 Å². The number of rotatable bonds is 7. The topological polar surface area (TPSA) is 146 Å². The Kier molecular flexibility index (Phi) is 7.61. The molecule has 3 aromatic rings. The van der Waals surface area contributed by atoms with Crippen LogP contribution in [0.2, 0.25) is 0 Å². The molecule has 10 nitrogen and oxygen atoms in total. The monoisotopic (exact) mass is 461 g/mol. The maximum Gasteiger partial charge on any atom is 0.328 e. The van der Waals surface area contributed by atoms with Crippen molar-refractivity contribution in [2.24, 2.45) is 5.92 Å². The van der Waals surface area contributed by atoms with Gasteiger partial charge in [-0.25, -0.2) is 9.59 Å². The summed E-state index contributed by atoms with van der Waals surface area (Å²) >= 11 is 0. The van der Waals surface area contributed by atoms with E-state index >= 15 is 0 Å². The van der Waals surface area contributed by atoms with Crippen LogP contribution in [0.4, 0.5) is 16.2 Å². The zero-order valence-electron chi connectivity index (χ0n) is 18.8. The Morgan fingerprint density at radius 1 is 1.00 bits per heavy atom. The summed E-state index contributed by atoms with van der Waals surface area (Å²) in [6.45, 7) is 3.57. The first-order chi connectivity index (χ1) is 16.3. The fourth-order valence-corrected chi connectivity index (χ4v) is 3.00. The minimum absolute atomic E-state index is 0.0476. The number of urea groups is 1. The van der Waals surface area contributed by atoms with Crippen LogP contribution in [0.5, 0.6) is 0 Å².